The van der Waals surface area contributed by atoms with Gasteiger partial charge in [0, 0.05) is 32.4 Å². The van der Waals surface area contributed by atoms with E-state index in [4.69, 9.17) is 9.97 Å². The first-order valence-electron chi connectivity index (χ1n) is 12.7. The first-order chi connectivity index (χ1) is 19.8. The second kappa shape index (κ2) is 8.53. The number of carbonyl (C=O) groups is 4. The number of thiophene rings is 1. The maximum atomic E-state index is 12.8. The van der Waals surface area contributed by atoms with E-state index in [1.807, 2.05) is 19.1 Å². The van der Waals surface area contributed by atoms with Crippen molar-refractivity contribution in [3.8, 4) is 0 Å². The Labute approximate surface area is 244 Å². The highest BCUT2D eigenvalue weighted by Gasteiger charge is 2.34. The Kier molecular flexibility index (Phi) is 5.07. The van der Waals surface area contributed by atoms with Gasteiger partial charge >= 0.3 is 0 Å². The van der Waals surface area contributed by atoms with Gasteiger partial charge in [-0.15, -0.1) is 34.0 Å². The van der Waals surface area contributed by atoms with E-state index < -0.39 is 23.1 Å². The molecule has 6 nitrogen and oxygen atoms in total. The van der Waals surface area contributed by atoms with E-state index in [2.05, 4.69) is 6.92 Å². The number of aromatic nitrogens is 2. The van der Waals surface area contributed by atoms with E-state index in [9.17, 15) is 19.2 Å². The Morgan fingerprint density at radius 1 is 0.561 bits per heavy atom. The molecule has 0 radical (unpaired) electrons. The Morgan fingerprint density at radius 2 is 1.07 bits per heavy atom. The molecule has 0 aliphatic heterocycles. The zero-order valence-corrected chi connectivity index (χ0v) is 24.0. The molecule has 6 aromatic rings. The van der Waals surface area contributed by atoms with Gasteiger partial charge in [0.25, 0.3) is 0 Å². The van der Waals surface area contributed by atoms with E-state index in [1.165, 1.54) is 22.7 Å². The molecule has 0 fully saturated rings. The third-order valence-electron chi connectivity index (χ3n) is 7.68. The molecule has 0 amide bonds. The number of carbonyl (C=O) groups excluding carboxylic acids is 4. The number of rotatable bonds is 2. The zero-order chi connectivity index (χ0) is 28.2. The third-order valence-corrected chi connectivity index (χ3v) is 11.2. The highest BCUT2D eigenvalue weighted by molar-refractivity contribution is 7.32. The molecule has 9 heteroatoms. The van der Waals surface area contributed by atoms with Crippen LogP contribution in [0.4, 0.5) is 0 Å². The van der Waals surface area contributed by atoms with E-state index in [-0.39, 0.29) is 0 Å². The van der Waals surface area contributed by atoms with Crippen LogP contribution in [0.5, 0.6) is 0 Å². The van der Waals surface area contributed by atoms with Crippen LogP contribution in [-0.2, 0) is 9.59 Å². The summed E-state index contributed by atoms with van der Waals surface area (Å²) >= 11 is 4.59. The van der Waals surface area contributed by atoms with E-state index in [0.29, 0.717) is 43.4 Å². The highest BCUT2D eigenvalue weighted by atomic mass is 32.1. The van der Waals surface area contributed by atoms with Crippen molar-refractivity contribution in [3.05, 3.63) is 91.9 Å². The maximum absolute atomic E-state index is 12.8. The summed E-state index contributed by atoms with van der Waals surface area (Å²) in [6, 6.07) is 14.1. The van der Waals surface area contributed by atoms with Gasteiger partial charge in [-0.2, -0.15) is 0 Å². The van der Waals surface area contributed by atoms with Crippen LogP contribution in [0.1, 0.15) is 53.0 Å². The van der Waals surface area contributed by atoms with Gasteiger partial charge in [0.1, 0.15) is 14.8 Å². The van der Waals surface area contributed by atoms with Crippen LogP contribution in [0.15, 0.2) is 48.5 Å². The molecule has 0 saturated carbocycles. The van der Waals surface area contributed by atoms with Crippen molar-refractivity contribution < 1.29 is 19.2 Å². The molecule has 0 unspecified atom stereocenters. The van der Waals surface area contributed by atoms with Crippen molar-refractivity contribution in [3.63, 3.8) is 0 Å². The van der Waals surface area contributed by atoms with Crippen molar-refractivity contribution in [1.82, 2.24) is 9.97 Å². The summed E-state index contributed by atoms with van der Waals surface area (Å²) in [5, 5.41) is 2.45. The molecule has 0 spiro atoms. The predicted molar refractivity (Wildman–Crippen MR) is 165 cm³/mol. The molecule has 3 aromatic heterocycles. The van der Waals surface area contributed by atoms with Crippen molar-refractivity contribution in [2.24, 2.45) is 0 Å². The number of allylic oxidation sites excluding steroid dienone is 2. The molecule has 0 bridgehead atoms. The summed E-state index contributed by atoms with van der Waals surface area (Å²) in [7, 11) is 0. The Hall–Kier alpha value is -4.44. The molecular formula is C32H16N2O4S3. The molecule has 2 aliphatic carbocycles. The number of benzene rings is 3. The Balaban J connectivity index is 1.27. The number of fused-ring (bicyclic) bond motifs is 6. The fourth-order valence-corrected chi connectivity index (χ4v) is 9.29. The van der Waals surface area contributed by atoms with Crippen molar-refractivity contribution in [2.75, 3.05) is 0 Å². The lowest BCUT2D eigenvalue weighted by molar-refractivity contribution is -0.110. The van der Waals surface area contributed by atoms with Crippen LogP contribution in [0.3, 0.4) is 0 Å². The normalized spacial score (nSPS) is 16.8. The monoisotopic (exact) mass is 588 g/mol. The number of hydrogen-bond acceptors (Lipinski definition) is 9. The van der Waals surface area contributed by atoms with Crippen LogP contribution in [0.25, 0.3) is 53.1 Å². The summed E-state index contributed by atoms with van der Waals surface area (Å²) in [4.78, 5) is 61.0. The second-order valence-electron chi connectivity index (χ2n) is 10.00. The highest BCUT2D eigenvalue weighted by Crippen LogP contribution is 2.46. The summed E-state index contributed by atoms with van der Waals surface area (Å²) in [5.41, 5.74) is 5.91. The molecule has 0 saturated heterocycles. The third kappa shape index (κ3) is 3.34. The first kappa shape index (κ1) is 24.4. The zero-order valence-electron chi connectivity index (χ0n) is 21.5. The molecule has 0 N–H and O–H groups in total. The van der Waals surface area contributed by atoms with Gasteiger partial charge in [-0.3, -0.25) is 19.2 Å². The number of hydrogen-bond donors (Lipinski definition) is 0. The van der Waals surface area contributed by atoms with Crippen molar-refractivity contribution in [2.45, 2.75) is 13.8 Å². The van der Waals surface area contributed by atoms with Crippen molar-refractivity contribution >= 4 is 110 Å². The number of aryl methyl sites for hydroxylation is 2. The summed E-state index contributed by atoms with van der Waals surface area (Å²) in [6.45, 7) is 4.11. The van der Waals surface area contributed by atoms with Gasteiger partial charge < -0.3 is 0 Å². The second-order valence-corrected chi connectivity index (χ2v) is 13.1. The fraction of sp³-hybridized carbons (Fsp3) is 0.0625. The number of thiazole rings is 2. The predicted octanol–water partition coefficient (Wildman–Crippen LogP) is 7.35. The van der Waals surface area contributed by atoms with E-state index in [0.717, 1.165) is 41.0 Å². The van der Waals surface area contributed by atoms with Gasteiger partial charge in [-0.05, 0) is 48.3 Å². The van der Waals surface area contributed by atoms with E-state index in [1.54, 1.807) is 59.9 Å². The minimum Gasteiger partial charge on any atom is -0.285 e. The van der Waals surface area contributed by atoms with Gasteiger partial charge in [0.05, 0.1) is 14.9 Å². The first-order valence-corrected chi connectivity index (χ1v) is 15.2. The Morgan fingerprint density at radius 3 is 1.66 bits per heavy atom. The number of nitrogens with zero attached hydrogens (tertiary/aromatic N) is 2. The maximum Gasteiger partial charge on any atom is 0.234 e. The lowest BCUT2D eigenvalue weighted by atomic mass is 10.1. The molecule has 3 aromatic carbocycles. The fourth-order valence-electron chi connectivity index (χ4n) is 5.69. The van der Waals surface area contributed by atoms with Crippen LogP contribution >= 0.6 is 34.0 Å². The lowest BCUT2D eigenvalue weighted by Gasteiger charge is -2.02. The van der Waals surface area contributed by atoms with Gasteiger partial charge in [-0.25, -0.2) is 9.97 Å². The van der Waals surface area contributed by atoms with Gasteiger partial charge in [0.2, 0.25) is 23.1 Å². The quantitative estimate of drug-likeness (QED) is 0.155. The molecule has 41 heavy (non-hydrogen) atoms. The Bertz CT molecular complexity index is 2310. The topological polar surface area (TPSA) is 94.1 Å². The number of ketones is 4. The minimum atomic E-state index is -0.502. The molecule has 8 rings (SSSR count). The lowest BCUT2D eigenvalue weighted by Crippen LogP contribution is -2.05. The molecule has 3 heterocycles. The summed E-state index contributed by atoms with van der Waals surface area (Å²) in [5.74, 6) is -1.96. The largest absolute Gasteiger partial charge is 0.285 e. The molecular weight excluding hydrogens is 573 g/mol. The number of Topliss-reactive ketones (excluding diaryl/α,β-unsaturated/α-hetero) is 4. The molecule has 2 aliphatic rings. The van der Waals surface area contributed by atoms with Crippen LogP contribution in [0, 0.1) is 13.8 Å². The minimum absolute atomic E-state index is 0.380. The summed E-state index contributed by atoms with van der Waals surface area (Å²) in [6.07, 6.45) is 3.46. The van der Waals surface area contributed by atoms with E-state index >= 15 is 0 Å². The molecule has 196 valence electrons. The van der Waals surface area contributed by atoms with Crippen LogP contribution in [-0.4, -0.2) is 33.1 Å². The average Bonchev–Trinajstić information content (AvgIpc) is 3.76. The van der Waals surface area contributed by atoms with Gasteiger partial charge in [-0.1, -0.05) is 48.5 Å². The average molecular weight is 589 g/mol. The SMILES string of the molecule is Cc1c2nc(/C=C3\C(=O)C(=O)c4ccccc43)sc2c(C)c2c1sc1nc(/C=C3\C(=O)C(=O)c4ccccc43)sc12. The molecule has 0 atom stereocenters. The summed E-state index contributed by atoms with van der Waals surface area (Å²) < 4.78 is 3.15. The smallest absolute Gasteiger partial charge is 0.234 e. The van der Waals surface area contributed by atoms with Crippen LogP contribution < -0.4 is 0 Å². The van der Waals surface area contributed by atoms with Gasteiger partial charge in [0.15, 0.2) is 0 Å². The standard InChI is InChI=1S/C32H16N2O4S3/c1-13-23-29(41-32-31(23)40-22(34-32)12-20-16-8-4-6-10-18(16)26(36)28(20)38)14(2)24-30(13)39-21(33-24)11-19-15-7-3-5-9-17(15)25(35)27(19)37/h3-12H,1-2H3/b19-11-,20-12-. The van der Waals surface area contributed by atoms with Crippen molar-refractivity contribution in [1.29, 1.82) is 0 Å². The van der Waals surface area contributed by atoms with Crippen LogP contribution in [0.2, 0.25) is 0 Å².